The molecular weight excluding hydrogens is 402 g/mol. The van der Waals surface area contributed by atoms with Gasteiger partial charge in [0.05, 0.1) is 5.92 Å². The minimum absolute atomic E-state index is 0.0856. The molecule has 2 heterocycles. The molecule has 1 atom stereocenters. The Morgan fingerprint density at radius 2 is 2.12 bits per heavy atom. The van der Waals surface area contributed by atoms with E-state index in [4.69, 9.17) is 5.73 Å². The van der Waals surface area contributed by atoms with Gasteiger partial charge in [-0.1, -0.05) is 18.2 Å². The molecule has 1 aromatic heterocycles. The zero-order chi connectivity index (χ0) is 17.8. The number of carbonyl (C=O) groups is 2. The number of nitrogens with zero attached hydrogens (tertiary/aromatic N) is 1. The van der Waals surface area contributed by atoms with E-state index in [-0.39, 0.29) is 17.7 Å². The number of nitrogens with two attached hydrogens (primary N) is 1. The average molecular weight is 422 g/mol. The highest BCUT2D eigenvalue weighted by Crippen LogP contribution is 2.26. The summed E-state index contributed by atoms with van der Waals surface area (Å²) >= 11 is 4.80. The van der Waals surface area contributed by atoms with Crippen molar-refractivity contribution in [1.82, 2.24) is 4.90 Å². The molecule has 0 aliphatic carbocycles. The molecule has 2 aromatic rings. The number of thiophene rings is 1. The van der Waals surface area contributed by atoms with Gasteiger partial charge in [0.15, 0.2) is 0 Å². The highest BCUT2D eigenvalue weighted by molar-refractivity contribution is 9.10. The van der Waals surface area contributed by atoms with Crippen LogP contribution in [0.3, 0.4) is 0 Å². The largest absolute Gasteiger partial charge is 0.369 e. The smallest absolute Gasteiger partial charge is 0.266 e. The molecule has 25 heavy (non-hydrogen) atoms. The monoisotopic (exact) mass is 421 g/mol. The van der Waals surface area contributed by atoms with Crippen LogP contribution in [0.15, 0.2) is 40.2 Å². The lowest BCUT2D eigenvalue weighted by Crippen LogP contribution is -2.40. The van der Waals surface area contributed by atoms with E-state index in [0.717, 1.165) is 35.1 Å². The molecule has 1 saturated heterocycles. The van der Waals surface area contributed by atoms with Crippen molar-refractivity contribution in [3.63, 3.8) is 0 Å². The van der Waals surface area contributed by atoms with Gasteiger partial charge in [0.25, 0.3) is 5.91 Å². The molecule has 132 valence electrons. The lowest BCUT2D eigenvalue weighted by Gasteiger charge is -2.31. The Bertz CT molecular complexity index is 777. The molecule has 1 aliphatic rings. The fourth-order valence-corrected chi connectivity index (χ4v) is 4.53. The Morgan fingerprint density at radius 3 is 2.84 bits per heavy atom. The molecule has 0 radical (unpaired) electrons. The van der Waals surface area contributed by atoms with Crippen LogP contribution >= 0.6 is 27.3 Å². The summed E-state index contributed by atoms with van der Waals surface area (Å²) in [7, 11) is 0. The van der Waals surface area contributed by atoms with Gasteiger partial charge in [-0.3, -0.25) is 14.5 Å². The number of hydrogen-bond donors (Lipinski definition) is 2. The number of carbonyl (C=O) groups excluding carboxylic acids is 2. The topological polar surface area (TPSA) is 75.4 Å². The number of likely N-dealkylation sites (tertiary alicyclic amines) is 1. The molecule has 1 aromatic carbocycles. The standard InChI is InChI=1S/C18H20BrN3O2S/c19-14-7-9-25-16(14)18(24)21-15-6-2-1-4-12(15)10-22-8-3-5-13(11-22)17(20)23/h1-2,4,6-7,9,13H,3,5,8,10-11H2,(H2,20,23)(H,21,24). The number of rotatable bonds is 5. The third-order valence-electron chi connectivity index (χ3n) is 4.39. The minimum Gasteiger partial charge on any atom is -0.369 e. The molecule has 2 amide bonds. The van der Waals surface area contributed by atoms with Gasteiger partial charge in [0.1, 0.15) is 4.88 Å². The maximum Gasteiger partial charge on any atom is 0.266 e. The minimum atomic E-state index is -0.228. The van der Waals surface area contributed by atoms with Crippen LogP contribution in [0.25, 0.3) is 0 Å². The van der Waals surface area contributed by atoms with Crippen molar-refractivity contribution in [1.29, 1.82) is 0 Å². The van der Waals surface area contributed by atoms with E-state index in [1.165, 1.54) is 11.3 Å². The van der Waals surface area contributed by atoms with Crippen LogP contribution in [-0.2, 0) is 11.3 Å². The highest BCUT2D eigenvalue weighted by atomic mass is 79.9. The molecular formula is C18H20BrN3O2S. The summed E-state index contributed by atoms with van der Waals surface area (Å²) in [5, 5.41) is 4.88. The first-order valence-electron chi connectivity index (χ1n) is 8.18. The van der Waals surface area contributed by atoms with E-state index in [0.29, 0.717) is 18.0 Å². The Morgan fingerprint density at radius 1 is 1.32 bits per heavy atom. The van der Waals surface area contributed by atoms with Gasteiger partial charge >= 0.3 is 0 Å². The van der Waals surface area contributed by atoms with E-state index in [9.17, 15) is 9.59 Å². The first-order chi connectivity index (χ1) is 12.0. The number of benzene rings is 1. The second-order valence-corrected chi connectivity index (χ2v) is 7.96. The lowest BCUT2D eigenvalue weighted by atomic mass is 9.97. The first kappa shape index (κ1) is 18.1. The molecule has 3 rings (SSSR count). The third kappa shape index (κ3) is 4.48. The second-order valence-electron chi connectivity index (χ2n) is 6.19. The van der Waals surface area contributed by atoms with Crippen molar-refractivity contribution >= 4 is 44.8 Å². The maximum atomic E-state index is 12.5. The summed E-state index contributed by atoms with van der Waals surface area (Å²) in [5.74, 6) is -0.436. The average Bonchev–Trinajstić information content (AvgIpc) is 3.03. The van der Waals surface area contributed by atoms with Crippen molar-refractivity contribution in [3.8, 4) is 0 Å². The van der Waals surface area contributed by atoms with Crippen molar-refractivity contribution in [2.24, 2.45) is 11.7 Å². The molecule has 7 heteroatoms. The van der Waals surface area contributed by atoms with E-state index in [2.05, 4.69) is 26.1 Å². The Kier molecular flexibility index (Phi) is 5.88. The zero-order valence-corrected chi connectivity index (χ0v) is 16.1. The number of nitrogens with one attached hydrogen (secondary N) is 1. The van der Waals surface area contributed by atoms with Gasteiger partial charge in [-0.2, -0.15) is 0 Å². The zero-order valence-electron chi connectivity index (χ0n) is 13.7. The summed E-state index contributed by atoms with van der Waals surface area (Å²) in [6.45, 7) is 2.29. The fraction of sp³-hybridized carbons (Fsp3) is 0.333. The predicted octanol–water partition coefficient (Wildman–Crippen LogP) is 3.46. The SMILES string of the molecule is NC(=O)C1CCCN(Cc2ccccc2NC(=O)c2sccc2Br)C1. The van der Waals surface area contributed by atoms with Gasteiger partial charge in [-0.25, -0.2) is 0 Å². The van der Waals surface area contributed by atoms with E-state index < -0.39 is 0 Å². The summed E-state index contributed by atoms with van der Waals surface area (Å²) in [6, 6.07) is 9.65. The number of amides is 2. The molecule has 1 fully saturated rings. The number of primary amides is 1. The molecule has 1 aliphatic heterocycles. The third-order valence-corrected chi connectivity index (χ3v) is 6.23. The van der Waals surface area contributed by atoms with E-state index in [1.54, 1.807) is 0 Å². The molecule has 5 nitrogen and oxygen atoms in total. The number of anilines is 1. The summed E-state index contributed by atoms with van der Waals surface area (Å²) < 4.78 is 0.799. The van der Waals surface area contributed by atoms with Gasteiger partial charge in [-0.15, -0.1) is 11.3 Å². The van der Waals surface area contributed by atoms with Crippen LogP contribution in [0, 0.1) is 5.92 Å². The maximum absolute atomic E-state index is 12.5. The lowest BCUT2D eigenvalue weighted by molar-refractivity contribution is -0.123. The van der Waals surface area contributed by atoms with Crippen LogP contribution in [0.5, 0.6) is 0 Å². The fourth-order valence-electron chi connectivity index (χ4n) is 3.09. The van der Waals surface area contributed by atoms with Gasteiger partial charge in [-0.05, 0) is 58.4 Å². The van der Waals surface area contributed by atoms with Crippen molar-refractivity contribution < 1.29 is 9.59 Å². The van der Waals surface area contributed by atoms with Crippen molar-refractivity contribution in [3.05, 3.63) is 50.6 Å². The summed E-state index contributed by atoms with van der Waals surface area (Å²) in [4.78, 5) is 26.8. The van der Waals surface area contributed by atoms with Crippen molar-refractivity contribution in [2.45, 2.75) is 19.4 Å². The van der Waals surface area contributed by atoms with Gasteiger partial charge < -0.3 is 11.1 Å². The highest BCUT2D eigenvalue weighted by Gasteiger charge is 2.24. The Labute approximate surface area is 159 Å². The number of piperidine rings is 1. The van der Waals surface area contributed by atoms with Crippen molar-refractivity contribution in [2.75, 3.05) is 18.4 Å². The Balaban J connectivity index is 1.72. The van der Waals surface area contributed by atoms with Crippen LogP contribution in [0.1, 0.15) is 28.1 Å². The van der Waals surface area contributed by atoms with Gasteiger partial charge in [0, 0.05) is 23.2 Å². The molecule has 0 bridgehead atoms. The first-order valence-corrected chi connectivity index (χ1v) is 9.86. The number of para-hydroxylation sites is 1. The number of hydrogen-bond acceptors (Lipinski definition) is 4. The van der Waals surface area contributed by atoms with Crippen LogP contribution < -0.4 is 11.1 Å². The predicted molar refractivity (Wildman–Crippen MR) is 104 cm³/mol. The van der Waals surface area contributed by atoms with E-state index >= 15 is 0 Å². The molecule has 1 unspecified atom stereocenters. The molecule has 0 spiro atoms. The molecule has 3 N–H and O–H groups in total. The quantitative estimate of drug-likeness (QED) is 0.775. The van der Waals surface area contributed by atoms with Crippen LogP contribution in [0.2, 0.25) is 0 Å². The number of halogens is 1. The van der Waals surface area contributed by atoms with E-state index in [1.807, 2.05) is 35.7 Å². The Hall–Kier alpha value is -1.70. The van der Waals surface area contributed by atoms with Gasteiger partial charge in [0.2, 0.25) is 5.91 Å². The summed E-state index contributed by atoms with van der Waals surface area (Å²) in [6.07, 6.45) is 1.82. The normalized spacial score (nSPS) is 18.0. The van der Waals surface area contributed by atoms with Crippen LogP contribution in [0.4, 0.5) is 5.69 Å². The second kappa shape index (κ2) is 8.12. The summed E-state index contributed by atoms with van der Waals surface area (Å²) in [5.41, 5.74) is 7.30. The van der Waals surface area contributed by atoms with Crippen LogP contribution in [-0.4, -0.2) is 29.8 Å². The molecule has 0 saturated carbocycles.